The third kappa shape index (κ3) is 2.58. The number of nitrogens with zero attached hydrogens (tertiary/aromatic N) is 1. The summed E-state index contributed by atoms with van der Waals surface area (Å²) in [5.41, 5.74) is 5.96. The van der Waals surface area contributed by atoms with Crippen molar-refractivity contribution in [1.82, 2.24) is 0 Å². The first-order chi connectivity index (χ1) is 12.1. The summed E-state index contributed by atoms with van der Waals surface area (Å²) >= 11 is 0. The Bertz CT molecular complexity index is 917. The number of rotatable bonds is 3. The number of carbonyl (C=O) groups is 2. The van der Waals surface area contributed by atoms with Gasteiger partial charge in [-0.15, -0.1) is 0 Å². The Kier molecular flexibility index (Phi) is 3.57. The predicted octanol–water partition coefficient (Wildman–Crippen LogP) is 3.51. The topological polar surface area (TPSA) is 58.6 Å². The smallest absolute Gasteiger partial charge is 0.338 e. The van der Waals surface area contributed by atoms with Gasteiger partial charge in [-0.05, 0) is 54.4 Å². The Morgan fingerprint density at radius 1 is 1.24 bits per heavy atom. The van der Waals surface area contributed by atoms with Crippen LogP contribution in [0.5, 0.6) is 0 Å². The number of anilines is 2. The summed E-state index contributed by atoms with van der Waals surface area (Å²) in [6, 6.07) is 11.0. The van der Waals surface area contributed by atoms with Crippen molar-refractivity contribution in [3.05, 3.63) is 70.9 Å². The number of benzene rings is 2. The summed E-state index contributed by atoms with van der Waals surface area (Å²) < 4.78 is 5.03. The first kappa shape index (κ1) is 15.4. The number of hydrogen-bond donors (Lipinski definition) is 1. The van der Waals surface area contributed by atoms with Crippen LogP contribution in [0.4, 0.5) is 11.4 Å². The summed E-state index contributed by atoms with van der Waals surface area (Å²) in [5.74, 6) is -0.409. The lowest BCUT2D eigenvalue weighted by molar-refractivity contribution is 0.0526. The molecule has 126 valence electrons. The van der Waals surface area contributed by atoms with Crippen molar-refractivity contribution in [2.45, 2.75) is 19.9 Å². The number of ether oxygens (including phenoxy) is 1. The van der Waals surface area contributed by atoms with E-state index in [9.17, 15) is 9.59 Å². The molecule has 0 radical (unpaired) electrons. The number of fused-ring (bicyclic) bond motifs is 2. The minimum atomic E-state index is -0.363. The average molecular weight is 334 g/mol. The SMILES string of the molecule is C=C1Cc2cc(N3Cc4cc(C(=O)OCC)ccc4C3=O)ccc2N1. The molecule has 2 heterocycles. The van der Waals surface area contributed by atoms with E-state index in [2.05, 4.69) is 11.9 Å². The molecular weight excluding hydrogens is 316 g/mol. The van der Waals surface area contributed by atoms with Crippen molar-refractivity contribution in [2.24, 2.45) is 0 Å². The quantitative estimate of drug-likeness (QED) is 0.873. The van der Waals surface area contributed by atoms with Gasteiger partial charge in [0.15, 0.2) is 0 Å². The van der Waals surface area contributed by atoms with Gasteiger partial charge in [0.25, 0.3) is 5.91 Å². The molecule has 0 bridgehead atoms. The summed E-state index contributed by atoms with van der Waals surface area (Å²) in [7, 11) is 0. The zero-order chi connectivity index (χ0) is 17.6. The van der Waals surface area contributed by atoms with Crippen LogP contribution in [0.25, 0.3) is 0 Å². The van der Waals surface area contributed by atoms with E-state index in [-0.39, 0.29) is 11.9 Å². The lowest BCUT2D eigenvalue weighted by atomic mass is 10.1. The molecule has 0 fully saturated rings. The lowest BCUT2D eigenvalue weighted by Crippen LogP contribution is -2.22. The molecule has 0 saturated heterocycles. The first-order valence-corrected chi connectivity index (χ1v) is 8.26. The van der Waals surface area contributed by atoms with E-state index in [4.69, 9.17) is 4.74 Å². The van der Waals surface area contributed by atoms with Crippen molar-refractivity contribution in [3.8, 4) is 0 Å². The standard InChI is InChI=1S/C20H18N2O3/c1-3-25-20(24)13-4-6-17-15(9-13)11-22(19(17)23)16-5-7-18-14(10-16)8-12(2)21-18/h4-7,9-10,21H,2-3,8,11H2,1H3. The Morgan fingerprint density at radius 3 is 2.88 bits per heavy atom. The molecule has 1 N–H and O–H groups in total. The molecule has 4 rings (SSSR count). The Hall–Kier alpha value is -3.08. The number of hydrogen-bond acceptors (Lipinski definition) is 4. The van der Waals surface area contributed by atoms with Gasteiger partial charge in [-0.1, -0.05) is 6.58 Å². The van der Waals surface area contributed by atoms with Crippen LogP contribution in [0, 0.1) is 0 Å². The number of carbonyl (C=O) groups excluding carboxylic acids is 2. The highest BCUT2D eigenvalue weighted by molar-refractivity contribution is 6.10. The van der Waals surface area contributed by atoms with Crippen LogP contribution in [0.2, 0.25) is 0 Å². The van der Waals surface area contributed by atoms with Gasteiger partial charge < -0.3 is 15.0 Å². The molecule has 0 saturated carbocycles. The van der Waals surface area contributed by atoms with E-state index in [0.717, 1.165) is 34.6 Å². The number of allylic oxidation sites excluding steroid dienone is 1. The molecule has 0 atom stereocenters. The van der Waals surface area contributed by atoms with E-state index in [1.54, 1.807) is 30.0 Å². The second-order valence-corrected chi connectivity index (χ2v) is 6.23. The van der Waals surface area contributed by atoms with Crippen LogP contribution >= 0.6 is 0 Å². The van der Waals surface area contributed by atoms with Crippen molar-refractivity contribution in [1.29, 1.82) is 0 Å². The summed E-state index contributed by atoms with van der Waals surface area (Å²) in [5, 5.41) is 3.23. The van der Waals surface area contributed by atoms with Gasteiger partial charge in [0.2, 0.25) is 0 Å². The maximum Gasteiger partial charge on any atom is 0.338 e. The van der Waals surface area contributed by atoms with Crippen LogP contribution in [0.3, 0.4) is 0 Å². The zero-order valence-corrected chi connectivity index (χ0v) is 14.0. The molecule has 0 aliphatic carbocycles. The summed E-state index contributed by atoms with van der Waals surface area (Å²) in [6.45, 7) is 6.50. The second-order valence-electron chi connectivity index (χ2n) is 6.23. The van der Waals surface area contributed by atoms with E-state index in [1.165, 1.54) is 0 Å². The summed E-state index contributed by atoms with van der Waals surface area (Å²) in [4.78, 5) is 26.4. The number of esters is 1. The third-order valence-corrected chi connectivity index (χ3v) is 4.54. The Labute approximate surface area is 145 Å². The van der Waals surface area contributed by atoms with Crippen LogP contribution in [0.1, 0.15) is 38.8 Å². The highest BCUT2D eigenvalue weighted by atomic mass is 16.5. The molecule has 0 spiro atoms. The summed E-state index contributed by atoms with van der Waals surface area (Å²) in [6.07, 6.45) is 0.769. The molecule has 5 nitrogen and oxygen atoms in total. The van der Waals surface area contributed by atoms with Crippen LogP contribution in [-0.4, -0.2) is 18.5 Å². The van der Waals surface area contributed by atoms with Gasteiger partial charge in [-0.25, -0.2) is 4.79 Å². The molecule has 2 aliphatic heterocycles. The van der Waals surface area contributed by atoms with Gasteiger partial charge in [0.1, 0.15) is 0 Å². The van der Waals surface area contributed by atoms with E-state index in [1.807, 2.05) is 18.2 Å². The minimum Gasteiger partial charge on any atom is -0.462 e. The minimum absolute atomic E-state index is 0.0462. The first-order valence-electron chi connectivity index (χ1n) is 8.26. The van der Waals surface area contributed by atoms with Crippen LogP contribution in [-0.2, 0) is 17.7 Å². The normalized spacial score (nSPS) is 15.0. The fourth-order valence-corrected chi connectivity index (χ4v) is 3.35. The van der Waals surface area contributed by atoms with Gasteiger partial charge in [0, 0.05) is 29.1 Å². The number of nitrogens with one attached hydrogen (secondary N) is 1. The van der Waals surface area contributed by atoms with Gasteiger partial charge in [-0.3, -0.25) is 4.79 Å². The van der Waals surface area contributed by atoms with E-state index >= 15 is 0 Å². The van der Waals surface area contributed by atoms with Gasteiger partial charge >= 0.3 is 5.97 Å². The highest BCUT2D eigenvalue weighted by Gasteiger charge is 2.30. The second kappa shape index (κ2) is 5.77. The monoisotopic (exact) mass is 334 g/mol. The van der Waals surface area contributed by atoms with Crippen molar-refractivity contribution in [2.75, 3.05) is 16.8 Å². The molecule has 2 aliphatic rings. The van der Waals surface area contributed by atoms with Crippen molar-refractivity contribution >= 4 is 23.3 Å². The molecule has 0 aromatic heterocycles. The lowest BCUT2D eigenvalue weighted by Gasteiger charge is -2.16. The molecule has 5 heteroatoms. The maximum absolute atomic E-state index is 12.7. The highest BCUT2D eigenvalue weighted by Crippen LogP contribution is 2.34. The van der Waals surface area contributed by atoms with Crippen LogP contribution in [0.15, 0.2) is 48.7 Å². The van der Waals surface area contributed by atoms with Gasteiger partial charge in [-0.2, -0.15) is 0 Å². The fraction of sp³-hybridized carbons (Fsp3) is 0.200. The molecule has 2 aromatic carbocycles. The largest absolute Gasteiger partial charge is 0.462 e. The van der Waals surface area contributed by atoms with E-state index in [0.29, 0.717) is 24.3 Å². The fourth-order valence-electron chi connectivity index (χ4n) is 3.35. The molecule has 1 amide bonds. The van der Waals surface area contributed by atoms with E-state index < -0.39 is 0 Å². The molecule has 2 aromatic rings. The Balaban J connectivity index is 1.63. The van der Waals surface area contributed by atoms with Crippen LogP contribution < -0.4 is 10.2 Å². The maximum atomic E-state index is 12.7. The average Bonchev–Trinajstić information content (AvgIpc) is 3.13. The zero-order valence-electron chi connectivity index (χ0n) is 14.0. The molecular formula is C20H18N2O3. The predicted molar refractivity (Wildman–Crippen MR) is 95.8 cm³/mol. The third-order valence-electron chi connectivity index (χ3n) is 4.54. The number of amides is 1. The van der Waals surface area contributed by atoms with Crippen molar-refractivity contribution < 1.29 is 14.3 Å². The molecule has 25 heavy (non-hydrogen) atoms. The molecule has 0 unspecified atom stereocenters. The van der Waals surface area contributed by atoms with Gasteiger partial charge in [0.05, 0.1) is 18.7 Å². The Morgan fingerprint density at radius 2 is 2.08 bits per heavy atom. The van der Waals surface area contributed by atoms with Crippen molar-refractivity contribution in [3.63, 3.8) is 0 Å².